The molecule has 0 spiro atoms. The molecule has 0 radical (unpaired) electrons. The van der Waals surface area contributed by atoms with Crippen molar-refractivity contribution in [3.63, 3.8) is 0 Å². The molecule has 2 amide bonds. The van der Waals surface area contributed by atoms with Crippen molar-refractivity contribution in [1.82, 2.24) is 10.3 Å². The summed E-state index contributed by atoms with van der Waals surface area (Å²) in [4.78, 5) is 16.1. The molecule has 0 fully saturated rings. The van der Waals surface area contributed by atoms with Crippen molar-refractivity contribution >= 4 is 34.1 Å². The molecule has 1 aromatic heterocycles. The van der Waals surface area contributed by atoms with E-state index in [1.807, 2.05) is 30.5 Å². The quantitative estimate of drug-likeness (QED) is 0.630. The fraction of sp³-hybridized carbons (Fsp3) is 0.235. The topological polar surface area (TPSA) is 77.8 Å². The normalized spacial score (nSPS) is 12.5. The van der Waals surface area contributed by atoms with Crippen molar-refractivity contribution in [2.75, 3.05) is 11.9 Å². The highest BCUT2D eigenvalue weighted by atomic mass is 35.5. The van der Waals surface area contributed by atoms with Crippen molar-refractivity contribution in [1.29, 1.82) is 5.26 Å². The summed E-state index contributed by atoms with van der Waals surface area (Å²) in [5.74, 6) is 2.78. The molecule has 1 aromatic carbocycles. The van der Waals surface area contributed by atoms with Crippen molar-refractivity contribution < 1.29 is 4.79 Å². The summed E-state index contributed by atoms with van der Waals surface area (Å²) in [6.45, 7) is 2.18. The number of aromatic nitrogens is 1. The average molecular weight is 359 g/mol. The monoisotopic (exact) mass is 358 g/mol. The predicted octanol–water partition coefficient (Wildman–Crippen LogP) is 3.77. The summed E-state index contributed by atoms with van der Waals surface area (Å²) in [7, 11) is 0. The Balaban J connectivity index is 2.16. The first-order valence-electron chi connectivity index (χ1n) is 7.11. The molecule has 1 atom stereocenters. The number of rotatable bonds is 5. The van der Waals surface area contributed by atoms with Gasteiger partial charge in [0.2, 0.25) is 0 Å². The number of halogens is 1. The maximum absolute atomic E-state index is 11.7. The first-order chi connectivity index (χ1) is 11.5. The van der Waals surface area contributed by atoms with E-state index in [1.165, 1.54) is 11.3 Å². The number of amides is 2. The minimum absolute atomic E-state index is 0.252. The summed E-state index contributed by atoms with van der Waals surface area (Å²) in [6, 6.07) is 8.84. The number of terminal acetylenes is 1. The second-order valence-corrected chi connectivity index (χ2v) is 6.40. The van der Waals surface area contributed by atoms with E-state index in [1.54, 1.807) is 12.1 Å². The zero-order chi connectivity index (χ0) is 17.6. The van der Waals surface area contributed by atoms with Gasteiger partial charge in [-0.3, -0.25) is 5.32 Å². The Morgan fingerprint density at radius 3 is 2.79 bits per heavy atom. The highest BCUT2D eigenvalue weighted by Gasteiger charge is 2.29. The van der Waals surface area contributed by atoms with Crippen LogP contribution < -0.4 is 10.6 Å². The van der Waals surface area contributed by atoms with Gasteiger partial charge in [0.25, 0.3) is 0 Å². The second kappa shape index (κ2) is 7.83. The minimum atomic E-state index is -0.724. The molecule has 2 rings (SSSR count). The molecular formula is C17H15ClN4OS. The smallest absolute Gasteiger partial charge is 0.321 e. The van der Waals surface area contributed by atoms with E-state index in [2.05, 4.69) is 21.5 Å². The van der Waals surface area contributed by atoms with E-state index < -0.39 is 11.4 Å². The van der Waals surface area contributed by atoms with Gasteiger partial charge in [-0.05, 0) is 24.6 Å². The largest absolute Gasteiger partial charge is 0.337 e. The lowest BCUT2D eigenvalue weighted by atomic mass is 9.81. The Bertz CT molecular complexity index is 803. The van der Waals surface area contributed by atoms with Gasteiger partial charge in [0.05, 0.1) is 23.6 Å². The van der Waals surface area contributed by atoms with Crippen LogP contribution in [0.5, 0.6) is 0 Å². The molecule has 0 bridgehead atoms. The van der Waals surface area contributed by atoms with Crippen LogP contribution in [0.15, 0.2) is 29.6 Å². The van der Waals surface area contributed by atoms with Crippen LogP contribution in [-0.4, -0.2) is 17.6 Å². The lowest BCUT2D eigenvalue weighted by Gasteiger charge is -2.22. The fourth-order valence-corrected chi connectivity index (χ4v) is 2.96. The van der Waals surface area contributed by atoms with E-state index in [-0.39, 0.29) is 13.0 Å². The number of carbonyl (C=O) groups excluding carboxylic acids is 1. The summed E-state index contributed by atoms with van der Waals surface area (Å²) >= 11 is 7.21. The number of carbonyl (C=O) groups is 1. The molecule has 1 heterocycles. The average Bonchev–Trinajstić information content (AvgIpc) is 3.04. The molecule has 1 unspecified atom stereocenters. The van der Waals surface area contributed by atoms with E-state index in [4.69, 9.17) is 23.3 Å². The van der Waals surface area contributed by atoms with Crippen molar-refractivity contribution in [2.24, 2.45) is 0 Å². The van der Waals surface area contributed by atoms with Crippen molar-refractivity contribution in [2.45, 2.75) is 18.8 Å². The molecule has 2 N–H and O–H groups in total. The second-order valence-electron chi connectivity index (χ2n) is 5.10. The SMILES string of the molecule is C#CC(C)(c1ccc(Cl)cc1)c1csc(NC(=O)NCCC#N)n1. The van der Waals surface area contributed by atoms with Gasteiger partial charge in [-0.1, -0.05) is 29.7 Å². The summed E-state index contributed by atoms with van der Waals surface area (Å²) < 4.78 is 0. The van der Waals surface area contributed by atoms with Crippen LogP contribution in [0.2, 0.25) is 5.02 Å². The Kier molecular flexibility index (Phi) is 5.81. The molecule has 5 nitrogen and oxygen atoms in total. The summed E-state index contributed by atoms with van der Waals surface area (Å²) in [5, 5.41) is 16.6. The van der Waals surface area contributed by atoms with Crippen LogP contribution in [0.4, 0.5) is 9.93 Å². The number of hydrogen-bond acceptors (Lipinski definition) is 4. The molecule has 122 valence electrons. The van der Waals surface area contributed by atoms with Gasteiger partial charge in [0, 0.05) is 16.9 Å². The maximum atomic E-state index is 11.7. The molecule has 2 aromatic rings. The van der Waals surface area contributed by atoms with Crippen LogP contribution in [0.3, 0.4) is 0 Å². The highest BCUT2D eigenvalue weighted by Crippen LogP contribution is 2.33. The Morgan fingerprint density at radius 1 is 1.46 bits per heavy atom. The molecule has 0 aliphatic heterocycles. The van der Waals surface area contributed by atoms with Gasteiger partial charge in [-0.15, -0.1) is 17.8 Å². The summed E-state index contributed by atoms with van der Waals surface area (Å²) in [5.41, 5.74) is 0.840. The zero-order valence-electron chi connectivity index (χ0n) is 13.0. The first kappa shape index (κ1) is 17.8. The molecule has 7 heteroatoms. The number of hydrogen-bond donors (Lipinski definition) is 2. The van der Waals surface area contributed by atoms with Gasteiger partial charge in [-0.25, -0.2) is 9.78 Å². The number of benzene rings is 1. The third-order valence-corrected chi connectivity index (χ3v) is 4.48. The lowest BCUT2D eigenvalue weighted by Crippen LogP contribution is -2.29. The van der Waals surface area contributed by atoms with Crippen LogP contribution in [-0.2, 0) is 5.41 Å². The Hall–Kier alpha value is -2.54. The van der Waals surface area contributed by atoms with Crippen LogP contribution in [0, 0.1) is 23.7 Å². The molecule has 0 saturated heterocycles. The van der Waals surface area contributed by atoms with Gasteiger partial charge in [0.15, 0.2) is 5.13 Å². The minimum Gasteiger partial charge on any atom is -0.337 e. The van der Waals surface area contributed by atoms with Gasteiger partial charge in [-0.2, -0.15) is 5.26 Å². The third-order valence-electron chi connectivity index (χ3n) is 3.47. The molecule has 0 aliphatic rings. The number of nitrogens with zero attached hydrogens (tertiary/aromatic N) is 2. The van der Waals surface area contributed by atoms with E-state index in [0.717, 1.165) is 5.56 Å². The van der Waals surface area contributed by atoms with E-state index in [9.17, 15) is 4.79 Å². The van der Waals surface area contributed by atoms with Gasteiger partial charge < -0.3 is 5.32 Å². The standard InChI is InChI=1S/C17H15ClN4OS/c1-3-17(2,12-5-7-13(18)8-6-12)14-11-24-16(21-14)22-15(23)20-10-4-9-19/h1,5-8,11H,4,10H2,2H3,(H2,20,21,22,23). The predicted molar refractivity (Wildman–Crippen MR) is 96.1 cm³/mol. The zero-order valence-corrected chi connectivity index (χ0v) is 14.5. The van der Waals surface area contributed by atoms with Crippen LogP contribution >= 0.6 is 22.9 Å². The number of anilines is 1. The van der Waals surface area contributed by atoms with E-state index >= 15 is 0 Å². The fourth-order valence-electron chi connectivity index (χ4n) is 2.02. The molecule has 24 heavy (non-hydrogen) atoms. The van der Waals surface area contributed by atoms with Crippen molar-refractivity contribution in [3.05, 3.63) is 45.9 Å². The Labute approximate surface area is 149 Å². The van der Waals surface area contributed by atoms with E-state index in [0.29, 0.717) is 15.8 Å². The number of thiazole rings is 1. The molecule has 0 saturated carbocycles. The van der Waals surface area contributed by atoms with Gasteiger partial charge >= 0.3 is 6.03 Å². The number of nitrogens with one attached hydrogen (secondary N) is 2. The summed E-state index contributed by atoms with van der Waals surface area (Å²) in [6.07, 6.45) is 6.00. The van der Waals surface area contributed by atoms with Crippen LogP contribution in [0.25, 0.3) is 0 Å². The highest BCUT2D eigenvalue weighted by molar-refractivity contribution is 7.14. The maximum Gasteiger partial charge on any atom is 0.321 e. The third kappa shape index (κ3) is 4.05. The lowest BCUT2D eigenvalue weighted by molar-refractivity contribution is 0.252. The number of nitriles is 1. The number of urea groups is 1. The first-order valence-corrected chi connectivity index (χ1v) is 8.37. The van der Waals surface area contributed by atoms with Crippen molar-refractivity contribution in [3.8, 4) is 18.4 Å². The van der Waals surface area contributed by atoms with Gasteiger partial charge in [0.1, 0.15) is 0 Å². The van der Waals surface area contributed by atoms with Crippen LogP contribution in [0.1, 0.15) is 24.6 Å². The Morgan fingerprint density at radius 2 is 2.17 bits per heavy atom. The molecule has 0 aliphatic carbocycles. The molecular weight excluding hydrogens is 344 g/mol.